The third kappa shape index (κ3) is 3.72. The molecule has 0 unspecified atom stereocenters. The summed E-state index contributed by atoms with van der Waals surface area (Å²) in [6, 6.07) is 4.50. The second-order valence-electron chi connectivity index (χ2n) is 3.97. The van der Waals surface area contributed by atoms with Crippen LogP contribution >= 0.6 is 11.6 Å². The van der Waals surface area contributed by atoms with Crippen molar-refractivity contribution in [1.29, 1.82) is 0 Å². The van der Waals surface area contributed by atoms with Crippen LogP contribution in [0.3, 0.4) is 0 Å². The van der Waals surface area contributed by atoms with Crippen LogP contribution in [-0.4, -0.2) is 20.6 Å². The van der Waals surface area contributed by atoms with E-state index >= 15 is 0 Å². The van der Waals surface area contributed by atoms with Crippen LogP contribution in [0.2, 0.25) is 0 Å². The van der Waals surface area contributed by atoms with Crippen molar-refractivity contribution in [2.24, 2.45) is 7.05 Å². The van der Waals surface area contributed by atoms with Crippen molar-refractivity contribution >= 4 is 11.6 Å². The van der Waals surface area contributed by atoms with E-state index < -0.39 is 5.82 Å². The number of halogens is 2. The average Bonchev–Trinajstić information content (AvgIpc) is 2.85. The standard InChI is InChI=1S/C14H13ClFN3O/c1-19-14(17-10-18-19)9-20-13-8-11(4-2-3-7-15)5-6-12(13)16/h5-6,8,10H,3,7,9H2,1H3. The van der Waals surface area contributed by atoms with Gasteiger partial charge in [-0.3, -0.25) is 4.68 Å². The molecule has 0 aliphatic carbocycles. The minimum Gasteiger partial charge on any atom is -0.483 e. The normalized spacial score (nSPS) is 9.95. The Hall–Kier alpha value is -2.06. The Morgan fingerprint density at radius 1 is 1.45 bits per heavy atom. The van der Waals surface area contributed by atoms with Gasteiger partial charge in [0.15, 0.2) is 17.4 Å². The Labute approximate surface area is 121 Å². The Balaban J connectivity index is 2.09. The van der Waals surface area contributed by atoms with Crippen molar-refractivity contribution < 1.29 is 9.13 Å². The number of aromatic nitrogens is 3. The van der Waals surface area contributed by atoms with Crippen LogP contribution in [0, 0.1) is 17.7 Å². The van der Waals surface area contributed by atoms with Crippen LogP contribution in [0.15, 0.2) is 24.5 Å². The van der Waals surface area contributed by atoms with Crippen LogP contribution in [0.1, 0.15) is 17.8 Å². The SMILES string of the molecule is Cn1ncnc1COc1cc(C#CCCCl)ccc1F. The summed E-state index contributed by atoms with van der Waals surface area (Å²) in [4.78, 5) is 4.01. The van der Waals surface area contributed by atoms with Crippen LogP contribution in [0.25, 0.3) is 0 Å². The maximum Gasteiger partial charge on any atom is 0.165 e. The third-order valence-corrected chi connectivity index (χ3v) is 2.73. The number of rotatable bonds is 4. The van der Waals surface area contributed by atoms with E-state index in [0.29, 0.717) is 23.7 Å². The van der Waals surface area contributed by atoms with E-state index in [2.05, 4.69) is 21.9 Å². The quantitative estimate of drug-likeness (QED) is 0.642. The lowest BCUT2D eigenvalue weighted by Crippen LogP contribution is -2.05. The Bertz CT molecular complexity index is 645. The highest BCUT2D eigenvalue weighted by atomic mass is 35.5. The van der Waals surface area contributed by atoms with Gasteiger partial charge >= 0.3 is 0 Å². The van der Waals surface area contributed by atoms with Crippen LogP contribution in [0.4, 0.5) is 4.39 Å². The van der Waals surface area contributed by atoms with Gasteiger partial charge in [-0.25, -0.2) is 9.37 Å². The second kappa shape index (κ2) is 6.92. The van der Waals surface area contributed by atoms with E-state index in [0.717, 1.165) is 0 Å². The molecule has 104 valence electrons. The first-order valence-electron chi connectivity index (χ1n) is 6.01. The zero-order chi connectivity index (χ0) is 14.4. The lowest BCUT2D eigenvalue weighted by Gasteiger charge is -2.07. The number of nitrogens with zero attached hydrogens (tertiary/aromatic N) is 3. The van der Waals surface area contributed by atoms with Crippen molar-refractivity contribution in [2.45, 2.75) is 13.0 Å². The molecule has 0 aliphatic rings. The van der Waals surface area contributed by atoms with Gasteiger partial charge in [-0.2, -0.15) is 5.10 Å². The van der Waals surface area contributed by atoms with E-state index in [4.69, 9.17) is 16.3 Å². The van der Waals surface area contributed by atoms with Crippen LogP contribution in [0.5, 0.6) is 5.75 Å². The molecule has 0 radical (unpaired) electrons. The summed E-state index contributed by atoms with van der Waals surface area (Å²) in [5, 5.41) is 3.92. The summed E-state index contributed by atoms with van der Waals surface area (Å²) >= 11 is 5.54. The molecule has 2 rings (SSSR count). The number of hydrogen-bond acceptors (Lipinski definition) is 3. The summed E-state index contributed by atoms with van der Waals surface area (Å²) in [5.41, 5.74) is 0.685. The zero-order valence-electron chi connectivity index (χ0n) is 10.9. The van der Waals surface area contributed by atoms with Gasteiger partial charge in [0.2, 0.25) is 0 Å². The molecule has 0 amide bonds. The molecule has 0 aliphatic heterocycles. The maximum absolute atomic E-state index is 13.7. The van der Waals surface area contributed by atoms with Crippen molar-refractivity contribution in [3.63, 3.8) is 0 Å². The predicted molar refractivity (Wildman–Crippen MR) is 74.0 cm³/mol. The molecule has 0 saturated heterocycles. The summed E-state index contributed by atoms with van der Waals surface area (Å²) < 4.78 is 20.6. The number of alkyl halides is 1. The maximum atomic E-state index is 13.7. The second-order valence-corrected chi connectivity index (χ2v) is 4.35. The summed E-state index contributed by atoms with van der Waals surface area (Å²) in [6.07, 6.45) is 2.01. The minimum absolute atomic E-state index is 0.144. The first-order valence-corrected chi connectivity index (χ1v) is 6.54. The third-order valence-electron chi connectivity index (χ3n) is 2.55. The molecule has 0 atom stereocenters. The Kier molecular flexibility index (Phi) is 4.97. The average molecular weight is 294 g/mol. The zero-order valence-corrected chi connectivity index (χ0v) is 11.7. The van der Waals surface area contributed by atoms with Gasteiger partial charge in [-0.15, -0.1) is 11.6 Å². The van der Waals surface area contributed by atoms with Crippen LogP contribution < -0.4 is 4.74 Å². The van der Waals surface area contributed by atoms with E-state index in [1.807, 2.05) is 0 Å². The summed E-state index contributed by atoms with van der Waals surface area (Å²) in [5.74, 6) is 6.59. The van der Waals surface area contributed by atoms with Crippen molar-refractivity contribution in [3.05, 3.63) is 41.7 Å². The molecule has 1 aromatic carbocycles. The van der Waals surface area contributed by atoms with Crippen molar-refractivity contribution in [2.75, 3.05) is 5.88 Å². The van der Waals surface area contributed by atoms with Gasteiger partial charge in [0.05, 0.1) is 0 Å². The predicted octanol–water partition coefficient (Wildman–Crippen LogP) is 2.51. The highest BCUT2D eigenvalue weighted by Crippen LogP contribution is 2.19. The molecule has 0 fully saturated rings. The lowest BCUT2D eigenvalue weighted by atomic mass is 10.2. The Morgan fingerprint density at radius 3 is 3.00 bits per heavy atom. The van der Waals surface area contributed by atoms with Crippen LogP contribution in [-0.2, 0) is 13.7 Å². The highest BCUT2D eigenvalue weighted by molar-refractivity contribution is 6.18. The fourth-order valence-electron chi connectivity index (χ4n) is 1.50. The van der Waals surface area contributed by atoms with Gasteiger partial charge in [0, 0.05) is 24.9 Å². The van der Waals surface area contributed by atoms with Gasteiger partial charge in [-0.05, 0) is 18.2 Å². The fourth-order valence-corrected chi connectivity index (χ4v) is 1.59. The Morgan fingerprint density at radius 2 is 2.30 bits per heavy atom. The molecule has 20 heavy (non-hydrogen) atoms. The largest absolute Gasteiger partial charge is 0.483 e. The molecule has 6 heteroatoms. The lowest BCUT2D eigenvalue weighted by molar-refractivity contribution is 0.275. The number of hydrogen-bond donors (Lipinski definition) is 0. The molecule has 1 aromatic heterocycles. The van der Waals surface area contributed by atoms with E-state index in [1.165, 1.54) is 12.4 Å². The molecule has 4 nitrogen and oxygen atoms in total. The molecular formula is C14H13ClFN3O. The molecule has 0 spiro atoms. The van der Waals surface area contributed by atoms with E-state index in [9.17, 15) is 4.39 Å². The van der Waals surface area contributed by atoms with Crippen molar-refractivity contribution in [1.82, 2.24) is 14.8 Å². The number of aryl methyl sites for hydroxylation is 1. The molecule has 0 bridgehead atoms. The smallest absolute Gasteiger partial charge is 0.165 e. The molecule has 0 N–H and O–H groups in total. The van der Waals surface area contributed by atoms with E-state index in [-0.39, 0.29) is 12.4 Å². The van der Waals surface area contributed by atoms with Gasteiger partial charge in [0.25, 0.3) is 0 Å². The number of benzene rings is 1. The first-order chi connectivity index (χ1) is 9.70. The van der Waals surface area contributed by atoms with Crippen molar-refractivity contribution in [3.8, 4) is 17.6 Å². The molecule has 1 heterocycles. The molecular weight excluding hydrogens is 281 g/mol. The van der Waals surface area contributed by atoms with Gasteiger partial charge in [-0.1, -0.05) is 11.8 Å². The fraction of sp³-hybridized carbons (Fsp3) is 0.286. The summed E-state index contributed by atoms with van der Waals surface area (Å²) in [6.45, 7) is 0.145. The first kappa shape index (κ1) is 14.4. The molecule has 0 saturated carbocycles. The van der Waals surface area contributed by atoms with Gasteiger partial charge < -0.3 is 4.74 Å². The topological polar surface area (TPSA) is 39.9 Å². The van der Waals surface area contributed by atoms with Gasteiger partial charge in [0.1, 0.15) is 12.9 Å². The van der Waals surface area contributed by atoms with E-state index in [1.54, 1.807) is 23.9 Å². The highest BCUT2D eigenvalue weighted by Gasteiger charge is 2.07. The monoisotopic (exact) mass is 293 g/mol. The molecule has 2 aromatic rings. The number of ether oxygens (including phenoxy) is 1. The minimum atomic E-state index is -0.435. The summed E-state index contributed by atoms with van der Waals surface area (Å²) in [7, 11) is 1.75.